The maximum absolute atomic E-state index is 13.6. The zero-order chi connectivity index (χ0) is 30.1. The molecule has 1 fully saturated rings. The van der Waals surface area contributed by atoms with E-state index >= 15 is 0 Å². The fraction of sp³-hybridized carbons (Fsp3) is 0.194. The van der Waals surface area contributed by atoms with Crippen molar-refractivity contribution in [2.24, 2.45) is 0 Å². The molecule has 11 heteroatoms. The molecule has 1 heterocycles. The van der Waals surface area contributed by atoms with Gasteiger partial charge < -0.3 is 18.9 Å². The summed E-state index contributed by atoms with van der Waals surface area (Å²) in [4.78, 5) is 64.3. The zero-order valence-electron chi connectivity index (χ0n) is 23.0. The predicted molar refractivity (Wildman–Crippen MR) is 149 cm³/mol. The van der Waals surface area contributed by atoms with Crippen LogP contribution in [0.3, 0.4) is 0 Å². The second kappa shape index (κ2) is 13.8. The quantitative estimate of drug-likeness (QED) is 0.147. The van der Waals surface area contributed by atoms with Gasteiger partial charge in [-0.2, -0.15) is 0 Å². The van der Waals surface area contributed by atoms with Crippen LogP contribution in [0, 0.1) is 0 Å². The van der Waals surface area contributed by atoms with E-state index in [0.717, 1.165) is 10.5 Å². The Hall–Kier alpha value is -5.45. The molecule has 4 rings (SSSR count). The van der Waals surface area contributed by atoms with E-state index in [0.29, 0.717) is 16.9 Å². The molecule has 11 nitrogen and oxygen atoms in total. The lowest BCUT2D eigenvalue weighted by molar-refractivity contribution is -0.144. The van der Waals surface area contributed by atoms with Crippen molar-refractivity contribution < 1.29 is 42.9 Å². The average Bonchev–Trinajstić information content (AvgIpc) is 3.23. The van der Waals surface area contributed by atoms with Crippen LogP contribution in [0.5, 0.6) is 5.75 Å². The van der Waals surface area contributed by atoms with Crippen LogP contribution in [0.1, 0.15) is 27.0 Å². The van der Waals surface area contributed by atoms with Gasteiger partial charge in [-0.3, -0.25) is 14.6 Å². The second-order valence-electron chi connectivity index (χ2n) is 9.06. The Bertz CT molecular complexity index is 1480. The fourth-order valence-electron chi connectivity index (χ4n) is 4.00. The summed E-state index contributed by atoms with van der Waals surface area (Å²) in [7, 11) is 2.46. The summed E-state index contributed by atoms with van der Waals surface area (Å²) >= 11 is 0. The van der Waals surface area contributed by atoms with Crippen LogP contribution in [0.25, 0.3) is 6.08 Å². The molecule has 216 valence electrons. The number of rotatable bonds is 11. The van der Waals surface area contributed by atoms with Crippen LogP contribution in [-0.2, 0) is 41.7 Å². The largest absolute Gasteiger partial charge is 0.482 e. The van der Waals surface area contributed by atoms with E-state index in [-0.39, 0.29) is 31.0 Å². The Labute approximate surface area is 241 Å². The minimum Gasteiger partial charge on any atom is -0.482 e. The van der Waals surface area contributed by atoms with Crippen molar-refractivity contribution in [3.8, 4) is 5.75 Å². The van der Waals surface area contributed by atoms with E-state index in [1.807, 2.05) is 30.3 Å². The number of carbonyl (C=O) groups excluding carboxylic acids is 5. The summed E-state index contributed by atoms with van der Waals surface area (Å²) in [5, 5.41) is 0. The number of benzene rings is 3. The van der Waals surface area contributed by atoms with Gasteiger partial charge in [0, 0.05) is 0 Å². The van der Waals surface area contributed by atoms with Crippen LogP contribution >= 0.6 is 0 Å². The lowest BCUT2D eigenvalue weighted by atomic mass is 10.1. The molecule has 0 aliphatic carbocycles. The lowest BCUT2D eigenvalue weighted by Crippen LogP contribution is -2.32. The van der Waals surface area contributed by atoms with Gasteiger partial charge in [0.15, 0.2) is 13.2 Å². The highest BCUT2D eigenvalue weighted by molar-refractivity contribution is 6.13. The molecule has 3 aromatic rings. The van der Waals surface area contributed by atoms with Gasteiger partial charge in [0.05, 0.1) is 32.9 Å². The lowest BCUT2D eigenvalue weighted by Gasteiger charge is -2.17. The number of hydrogen-bond donors (Lipinski definition) is 0. The summed E-state index contributed by atoms with van der Waals surface area (Å²) in [5.74, 6) is -1.94. The van der Waals surface area contributed by atoms with Gasteiger partial charge in [-0.25, -0.2) is 19.2 Å². The molecular weight excluding hydrogens is 544 g/mol. The smallest absolute Gasteiger partial charge is 0.344 e. The van der Waals surface area contributed by atoms with Crippen molar-refractivity contribution in [1.82, 2.24) is 9.80 Å². The van der Waals surface area contributed by atoms with Crippen LogP contribution in [0.15, 0.2) is 84.6 Å². The van der Waals surface area contributed by atoms with Crippen molar-refractivity contribution in [1.29, 1.82) is 0 Å². The Balaban J connectivity index is 1.53. The highest BCUT2D eigenvalue weighted by Gasteiger charge is 2.40. The third-order valence-corrected chi connectivity index (χ3v) is 6.25. The number of carbonyl (C=O) groups is 5. The molecule has 0 unspecified atom stereocenters. The monoisotopic (exact) mass is 572 g/mol. The van der Waals surface area contributed by atoms with E-state index in [2.05, 4.69) is 9.47 Å². The Morgan fingerprint density at radius 1 is 0.714 bits per heavy atom. The number of nitrogens with zero attached hydrogens (tertiary/aromatic N) is 2. The number of ether oxygens (including phenoxy) is 4. The van der Waals surface area contributed by atoms with E-state index in [1.54, 1.807) is 42.5 Å². The third kappa shape index (κ3) is 7.39. The van der Waals surface area contributed by atoms with Crippen molar-refractivity contribution >= 4 is 35.9 Å². The molecule has 3 aromatic carbocycles. The first-order valence-corrected chi connectivity index (χ1v) is 12.8. The van der Waals surface area contributed by atoms with Crippen LogP contribution in [0.4, 0.5) is 4.79 Å². The number of hydrogen-bond acceptors (Lipinski definition) is 9. The number of methoxy groups -OCH3 is 2. The minimum absolute atomic E-state index is 0.0297. The van der Waals surface area contributed by atoms with Crippen LogP contribution in [-0.4, -0.2) is 67.1 Å². The summed E-state index contributed by atoms with van der Waals surface area (Å²) in [6, 6.07) is 21.7. The summed E-state index contributed by atoms with van der Waals surface area (Å²) in [5.41, 5.74) is 2.48. The van der Waals surface area contributed by atoms with Crippen molar-refractivity contribution in [3.05, 3.63) is 107 Å². The van der Waals surface area contributed by atoms with E-state index in [1.165, 1.54) is 31.3 Å². The number of urea groups is 1. The summed E-state index contributed by atoms with van der Waals surface area (Å²) < 4.78 is 19.3. The maximum Gasteiger partial charge on any atom is 0.344 e. The maximum atomic E-state index is 13.6. The first-order chi connectivity index (χ1) is 20.3. The minimum atomic E-state index is -0.707. The van der Waals surface area contributed by atoms with E-state index in [4.69, 9.17) is 9.47 Å². The normalized spacial score (nSPS) is 13.7. The van der Waals surface area contributed by atoms with Crippen LogP contribution in [0.2, 0.25) is 0 Å². The Morgan fingerprint density at radius 3 is 1.95 bits per heavy atom. The first-order valence-electron chi connectivity index (χ1n) is 12.8. The molecule has 0 saturated carbocycles. The molecule has 1 aliphatic rings. The van der Waals surface area contributed by atoms with Gasteiger partial charge in [-0.15, -0.1) is 0 Å². The first kappa shape index (κ1) is 29.5. The molecule has 0 N–H and O–H groups in total. The average molecular weight is 573 g/mol. The number of imide groups is 1. The molecule has 42 heavy (non-hydrogen) atoms. The highest BCUT2D eigenvalue weighted by atomic mass is 16.6. The van der Waals surface area contributed by atoms with E-state index in [9.17, 15) is 24.0 Å². The van der Waals surface area contributed by atoms with Crippen molar-refractivity contribution in [2.45, 2.75) is 13.1 Å². The van der Waals surface area contributed by atoms with Gasteiger partial charge in [-0.1, -0.05) is 54.6 Å². The molecule has 0 bridgehead atoms. The standard InChI is InChI=1S/C31H28N2O9/c1-39-27(34)19-41-25-14-10-21(11-15-25)16-26-29(36)33(31(38)32(26)17-22-6-4-3-5-7-22)18-23-8-12-24(13-9-23)30(37)42-20-28(35)40-2/h3-16H,17-20H2,1-2H3/b26-16+. The number of amides is 3. The molecule has 3 amide bonds. The molecule has 0 aromatic heterocycles. The van der Waals surface area contributed by atoms with Crippen LogP contribution < -0.4 is 4.74 Å². The van der Waals surface area contributed by atoms with Gasteiger partial charge in [0.1, 0.15) is 11.4 Å². The van der Waals surface area contributed by atoms with Crippen molar-refractivity contribution in [2.75, 3.05) is 27.4 Å². The van der Waals surface area contributed by atoms with Gasteiger partial charge >= 0.3 is 23.9 Å². The fourth-order valence-corrected chi connectivity index (χ4v) is 4.00. The third-order valence-electron chi connectivity index (χ3n) is 6.25. The molecule has 0 spiro atoms. The molecule has 1 aliphatic heterocycles. The zero-order valence-corrected chi connectivity index (χ0v) is 23.0. The molecular formula is C31H28N2O9. The van der Waals surface area contributed by atoms with E-state index < -0.39 is 36.5 Å². The topological polar surface area (TPSA) is 129 Å². The second-order valence-corrected chi connectivity index (χ2v) is 9.06. The molecule has 0 radical (unpaired) electrons. The Morgan fingerprint density at radius 2 is 1.31 bits per heavy atom. The number of esters is 3. The van der Waals surface area contributed by atoms with Gasteiger partial charge in [0.25, 0.3) is 5.91 Å². The van der Waals surface area contributed by atoms with Crippen molar-refractivity contribution in [3.63, 3.8) is 0 Å². The van der Waals surface area contributed by atoms with Gasteiger partial charge in [0.2, 0.25) is 0 Å². The summed E-state index contributed by atoms with van der Waals surface area (Å²) in [6.07, 6.45) is 1.62. The summed E-state index contributed by atoms with van der Waals surface area (Å²) in [6.45, 7) is -0.597. The Kier molecular flexibility index (Phi) is 9.67. The SMILES string of the molecule is COC(=O)COC(=O)c1ccc(CN2C(=O)/C(=C\c3ccc(OCC(=O)OC)cc3)N(Cc3ccccc3)C2=O)cc1. The highest BCUT2D eigenvalue weighted by Crippen LogP contribution is 2.28. The predicted octanol–water partition coefficient (Wildman–Crippen LogP) is 3.57. The van der Waals surface area contributed by atoms with Gasteiger partial charge in [-0.05, 0) is 47.0 Å². The molecule has 0 atom stereocenters. The molecule has 1 saturated heterocycles.